The van der Waals surface area contributed by atoms with E-state index in [2.05, 4.69) is 25.9 Å². The summed E-state index contributed by atoms with van der Waals surface area (Å²) < 4.78 is 13.9. The van der Waals surface area contributed by atoms with Gasteiger partial charge < -0.3 is 4.90 Å². The average molecular weight is 246 g/mol. The smallest absolute Gasteiger partial charge is 0.225 e. The summed E-state index contributed by atoms with van der Waals surface area (Å²) in [6, 6.07) is 0. The van der Waals surface area contributed by atoms with E-state index in [0.717, 1.165) is 4.47 Å². The average Bonchev–Trinajstić information content (AvgIpc) is 2.01. The van der Waals surface area contributed by atoms with Gasteiger partial charge in [-0.3, -0.25) is 0 Å². The predicted octanol–water partition coefficient (Wildman–Crippen LogP) is 1.79. The van der Waals surface area contributed by atoms with Gasteiger partial charge in [0.15, 0.2) is 0 Å². The lowest BCUT2D eigenvalue weighted by Gasteiger charge is -2.41. The zero-order valence-corrected chi connectivity index (χ0v) is 8.75. The number of hydrogen-bond acceptors (Lipinski definition) is 3. The highest BCUT2D eigenvalue weighted by molar-refractivity contribution is 9.10. The van der Waals surface area contributed by atoms with E-state index in [-0.39, 0.29) is 0 Å². The van der Waals surface area contributed by atoms with Crippen LogP contribution in [0.25, 0.3) is 0 Å². The molecule has 2 rings (SSSR count). The molecule has 1 aromatic rings. The Morgan fingerprint density at radius 1 is 1.46 bits per heavy atom. The molecule has 0 bridgehead atoms. The zero-order valence-electron chi connectivity index (χ0n) is 7.17. The molecular formula is C8H9BrFN3. The van der Waals surface area contributed by atoms with Crippen molar-refractivity contribution in [1.29, 1.82) is 0 Å². The van der Waals surface area contributed by atoms with Crippen LogP contribution >= 0.6 is 15.9 Å². The molecule has 5 heteroatoms. The van der Waals surface area contributed by atoms with E-state index >= 15 is 0 Å². The number of halogens is 2. The van der Waals surface area contributed by atoms with Gasteiger partial charge in [0.2, 0.25) is 5.95 Å². The fourth-order valence-corrected chi connectivity index (χ4v) is 1.56. The molecule has 0 saturated carbocycles. The maximum atomic E-state index is 13.1. The van der Waals surface area contributed by atoms with Gasteiger partial charge in [-0.2, -0.15) is 0 Å². The fourth-order valence-electron chi connectivity index (χ4n) is 1.36. The molecule has 0 radical (unpaired) electrons. The van der Waals surface area contributed by atoms with E-state index < -0.39 is 5.67 Å². The first-order chi connectivity index (χ1) is 6.07. The molecule has 0 aromatic carbocycles. The maximum absolute atomic E-state index is 13.1. The second-order valence-corrected chi connectivity index (χ2v) is 4.39. The highest BCUT2D eigenvalue weighted by atomic mass is 79.9. The SMILES string of the molecule is CC1(F)CN(c2ncc(Br)cn2)C1. The molecule has 1 aliphatic rings. The van der Waals surface area contributed by atoms with Crippen LogP contribution in [-0.4, -0.2) is 28.7 Å². The first kappa shape index (κ1) is 8.87. The van der Waals surface area contributed by atoms with Crippen molar-refractivity contribution in [2.75, 3.05) is 18.0 Å². The molecule has 3 nitrogen and oxygen atoms in total. The molecule has 1 fully saturated rings. The summed E-state index contributed by atoms with van der Waals surface area (Å²) in [5.41, 5.74) is -1.07. The molecule has 0 spiro atoms. The van der Waals surface area contributed by atoms with Gasteiger partial charge in [0, 0.05) is 12.4 Å². The second-order valence-electron chi connectivity index (χ2n) is 3.47. The van der Waals surface area contributed by atoms with Crippen LogP contribution in [0.5, 0.6) is 0 Å². The van der Waals surface area contributed by atoms with Crippen molar-refractivity contribution in [2.24, 2.45) is 0 Å². The molecule has 0 aliphatic carbocycles. The molecule has 1 aromatic heterocycles. The number of rotatable bonds is 1. The third-order valence-electron chi connectivity index (χ3n) is 1.93. The van der Waals surface area contributed by atoms with Crippen molar-refractivity contribution < 1.29 is 4.39 Å². The van der Waals surface area contributed by atoms with Crippen molar-refractivity contribution in [3.8, 4) is 0 Å². The van der Waals surface area contributed by atoms with Crippen LogP contribution in [0.15, 0.2) is 16.9 Å². The highest BCUT2D eigenvalue weighted by Gasteiger charge is 2.40. The monoisotopic (exact) mass is 245 g/mol. The highest BCUT2D eigenvalue weighted by Crippen LogP contribution is 2.27. The molecule has 13 heavy (non-hydrogen) atoms. The maximum Gasteiger partial charge on any atom is 0.225 e. The lowest BCUT2D eigenvalue weighted by molar-refractivity contribution is 0.143. The van der Waals surface area contributed by atoms with Gasteiger partial charge in [-0.05, 0) is 22.9 Å². The van der Waals surface area contributed by atoms with E-state index in [1.54, 1.807) is 19.3 Å². The Morgan fingerprint density at radius 2 is 2.00 bits per heavy atom. The molecule has 2 heterocycles. The van der Waals surface area contributed by atoms with E-state index in [9.17, 15) is 4.39 Å². The lowest BCUT2D eigenvalue weighted by atomic mass is 10.00. The normalized spacial score (nSPS) is 19.8. The molecule has 1 aliphatic heterocycles. The largest absolute Gasteiger partial charge is 0.334 e. The molecule has 0 unspecified atom stereocenters. The summed E-state index contributed by atoms with van der Waals surface area (Å²) in [5.74, 6) is 0.596. The Bertz CT molecular complexity index is 304. The van der Waals surface area contributed by atoms with Crippen molar-refractivity contribution in [3.05, 3.63) is 16.9 Å². The van der Waals surface area contributed by atoms with Crippen molar-refractivity contribution in [3.63, 3.8) is 0 Å². The standard InChI is InChI=1S/C8H9BrFN3/c1-8(10)4-13(5-8)7-11-2-6(9)3-12-7/h2-3H,4-5H2,1H3. The summed E-state index contributed by atoms with van der Waals surface area (Å²) in [6.07, 6.45) is 3.33. The Balaban J connectivity index is 2.08. The van der Waals surface area contributed by atoms with Crippen LogP contribution in [0.1, 0.15) is 6.92 Å². The van der Waals surface area contributed by atoms with Gasteiger partial charge in [0.25, 0.3) is 0 Å². The summed E-state index contributed by atoms with van der Waals surface area (Å²) in [4.78, 5) is 9.95. The third-order valence-corrected chi connectivity index (χ3v) is 2.34. The summed E-state index contributed by atoms with van der Waals surface area (Å²) in [7, 11) is 0. The summed E-state index contributed by atoms with van der Waals surface area (Å²) in [5, 5.41) is 0. The Hall–Kier alpha value is -0.710. The van der Waals surface area contributed by atoms with E-state index in [4.69, 9.17) is 0 Å². The van der Waals surface area contributed by atoms with Gasteiger partial charge in [0.1, 0.15) is 5.67 Å². The molecule has 0 amide bonds. The van der Waals surface area contributed by atoms with Crippen molar-refractivity contribution >= 4 is 21.9 Å². The molecule has 70 valence electrons. The van der Waals surface area contributed by atoms with Crippen LogP contribution in [0.2, 0.25) is 0 Å². The number of nitrogens with zero attached hydrogens (tertiary/aromatic N) is 3. The number of aromatic nitrogens is 2. The quantitative estimate of drug-likeness (QED) is 0.756. The minimum Gasteiger partial charge on any atom is -0.334 e. The van der Waals surface area contributed by atoms with Crippen LogP contribution in [0.3, 0.4) is 0 Å². The Labute approximate surface area is 84.1 Å². The minimum atomic E-state index is -1.07. The second kappa shape index (κ2) is 2.90. The molecular weight excluding hydrogens is 237 g/mol. The number of alkyl halides is 1. The van der Waals surface area contributed by atoms with Gasteiger partial charge in [0.05, 0.1) is 17.6 Å². The molecule has 1 saturated heterocycles. The molecule has 0 N–H and O–H groups in total. The third kappa shape index (κ3) is 1.80. The van der Waals surface area contributed by atoms with Gasteiger partial charge >= 0.3 is 0 Å². The topological polar surface area (TPSA) is 29.0 Å². The van der Waals surface area contributed by atoms with E-state index in [1.165, 1.54) is 0 Å². The van der Waals surface area contributed by atoms with Crippen LogP contribution in [0, 0.1) is 0 Å². The summed E-state index contributed by atoms with van der Waals surface area (Å²) in [6.45, 7) is 2.35. The Kier molecular flexibility index (Phi) is 1.98. The first-order valence-corrected chi connectivity index (χ1v) is 4.78. The number of anilines is 1. The van der Waals surface area contributed by atoms with Crippen LogP contribution in [0.4, 0.5) is 10.3 Å². The first-order valence-electron chi connectivity index (χ1n) is 3.98. The van der Waals surface area contributed by atoms with Crippen molar-refractivity contribution in [2.45, 2.75) is 12.6 Å². The summed E-state index contributed by atoms with van der Waals surface area (Å²) >= 11 is 3.24. The van der Waals surface area contributed by atoms with E-state index in [0.29, 0.717) is 19.0 Å². The van der Waals surface area contributed by atoms with Crippen LogP contribution in [-0.2, 0) is 0 Å². The van der Waals surface area contributed by atoms with E-state index in [1.807, 2.05) is 4.90 Å². The van der Waals surface area contributed by atoms with Crippen LogP contribution < -0.4 is 4.90 Å². The minimum absolute atomic E-state index is 0.384. The van der Waals surface area contributed by atoms with Crippen molar-refractivity contribution in [1.82, 2.24) is 9.97 Å². The Morgan fingerprint density at radius 3 is 2.46 bits per heavy atom. The number of hydrogen-bond donors (Lipinski definition) is 0. The van der Waals surface area contributed by atoms with Gasteiger partial charge in [-0.1, -0.05) is 0 Å². The lowest BCUT2D eigenvalue weighted by Crippen LogP contribution is -2.57. The van der Waals surface area contributed by atoms with Gasteiger partial charge in [-0.15, -0.1) is 0 Å². The zero-order chi connectivity index (χ0) is 9.47. The fraction of sp³-hybridized carbons (Fsp3) is 0.500. The predicted molar refractivity (Wildman–Crippen MR) is 51.5 cm³/mol. The molecule has 0 atom stereocenters. The van der Waals surface area contributed by atoms with Gasteiger partial charge in [-0.25, -0.2) is 14.4 Å².